The van der Waals surface area contributed by atoms with Crippen LogP contribution in [-0.2, 0) is 6.42 Å². The van der Waals surface area contributed by atoms with E-state index in [0.29, 0.717) is 6.04 Å². The lowest BCUT2D eigenvalue weighted by Gasteiger charge is -2.28. The van der Waals surface area contributed by atoms with Crippen molar-refractivity contribution in [2.75, 3.05) is 33.3 Å². The number of ether oxygens (including phenoxy) is 1. The van der Waals surface area contributed by atoms with Crippen LogP contribution in [0.1, 0.15) is 32.3 Å². The molecule has 2 unspecified atom stereocenters. The third kappa shape index (κ3) is 5.01. The largest absolute Gasteiger partial charge is 0.497 e. The first kappa shape index (κ1) is 16.3. The van der Waals surface area contributed by atoms with Crippen molar-refractivity contribution in [2.24, 2.45) is 5.92 Å². The Kier molecular flexibility index (Phi) is 6.52. The molecule has 0 radical (unpaired) electrons. The normalized spacial score (nSPS) is 21.8. The van der Waals surface area contributed by atoms with E-state index in [9.17, 15) is 0 Å². The van der Waals surface area contributed by atoms with Crippen LogP contribution in [0, 0.1) is 5.92 Å². The van der Waals surface area contributed by atoms with Crippen LogP contribution in [-0.4, -0.2) is 44.2 Å². The number of hydrogen-bond acceptors (Lipinski definition) is 3. The Morgan fingerprint density at radius 2 is 2.10 bits per heavy atom. The van der Waals surface area contributed by atoms with Crippen molar-refractivity contribution >= 4 is 0 Å². The maximum atomic E-state index is 5.21. The van der Waals surface area contributed by atoms with Gasteiger partial charge in [-0.25, -0.2) is 0 Å². The van der Waals surface area contributed by atoms with Crippen molar-refractivity contribution in [1.29, 1.82) is 0 Å². The Hall–Kier alpha value is -1.06. The van der Waals surface area contributed by atoms with Crippen LogP contribution in [0.4, 0.5) is 0 Å². The highest BCUT2D eigenvalue weighted by molar-refractivity contribution is 5.27. The van der Waals surface area contributed by atoms with E-state index < -0.39 is 0 Å². The van der Waals surface area contributed by atoms with E-state index in [1.54, 1.807) is 7.11 Å². The third-order valence-corrected chi connectivity index (χ3v) is 4.72. The second-order valence-corrected chi connectivity index (χ2v) is 6.20. The molecule has 0 bridgehead atoms. The highest BCUT2D eigenvalue weighted by Gasteiger charge is 2.21. The van der Waals surface area contributed by atoms with Gasteiger partial charge in [0.05, 0.1) is 7.11 Å². The standard InChI is InChI=1S/C18H30N2O/c1-4-15(2)18-14-20(12-5-11-19-18)13-10-16-6-8-17(21-3)9-7-16/h6-9,15,18-19H,4-5,10-14H2,1-3H3. The number of nitrogens with zero attached hydrogens (tertiary/aromatic N) is 1. The summed E-state index contributed by atoms with van der Waals surface area (Å²) in [4.78, 5) is 2.63. The summed E-state index contributed by atoms with van der Waals surface area (Å²) in [7, 11) is 1.72. The van der Waals surface area contributed by atoms with Crippen molar-refractivity contribution in [3.8, 4) is 5.75 Å². The molecule has 1 saturated heterocycles. The lowest BCUT2D eigenvalue weighted by Crippen LogP contribution is -2.42. The summed E-state index contributed by atoms with van der Waals surface area (Å²) < 4.78 is 5.21. The van der Waals surface area contributed by atoms with Crippen LogP contribution >= 0.6 is 0 Å². The molecule has 0 amide bonds. The van der Waals surface area contributed by atoms with Gasteiger partial charge in [-0.2, -0.15) is 0 Å². The molecule has 0 aromatic heterocycles. The monoisotopic (exact) mass is 290 g/mol. The van der Waals surface area contributed by atoms with Gasteiger partial charge in [0.15, 0.2) is 0 Å². The van der Waals surface area contributed by atoms with Crippen LogP contribution in [0.2, 0.25) is 0 Å². The van der Waals surface area contributed by atoms with Crippen molar-refractivity contribution < 1.29 is 4.74 Å². The zero-order valence-electron chi connectivity index (χ0n) is 13.8. The molecule has 0 spiro atoms. The number of nitrogens with one attached hydrogen (secondary N) is 1. The second-order valence-electron chi connectivity index (χ2n) is 6.20. The first-order chi connectivity index (χ1) is 10.2. The zero-order chi connectivity index (χ0) is 15.1. The van der Waals surface area contributed by atoms with Gasteiger partial charge in [0.25, 0.3) is 0 Å². The molecule has 1 aliphatic heterocycles. The number of rotatable bonds is 6. The molecule has 1 aromatic rings. The predicted molar refractivity (Wildman–Crippen MR) is 89.0 cm³/mol. The Morgan fingerprint density at radius 3 is 2.76 bits per heavy atom. The molecule has 2 rings (SSSR count). The minimum atomic E-state index is 0.647. The molecule has 3 nitrogen and oxygen atoms in total. The summed E-state index contributed by atoms with van der Waals surface area (Å²) >= 11 is 0. The van der Waals surface area contributed by atoms with Gasteiger partial charge in [0, 0.05) is 19.1 Å². The SMILES string of the molecule is CCC(C)C1CN(CCc2ccc(OC)cc2)CCCN1. The van der Waals surface area contributed by atoms with E-state index in [0.717, 1.165) is 31.2 Å². The Labute approximate surface area is 129 Å². The fraction of sp³-hybridized carbons (Fsp3) is 0.667. The summed E-state index contributed by atoms with van der Waals surface area (Å²) in [6, 6.07) is 9.12. The molecule has 1 heterocycles. The van der Waals surface area contributed by atoms with E-state index >= 15 is 0 Å². The van der Waals surface area contributed by atoms with Crippen LogP contribution in [0.5, 0.6) is 5.75 Å². The number of methoxy groups -OCH3 is 1. The molecule has 1 N–H and O–H groups in total. The molecule has 21 heavy (non-hydrogen) atoms. The summed E-state index contributed by atoms with van der Waals surface area (Å²) in [5.74, 6) is 1.70. The summed E-state index contributed by atoms with van der Waals surface area (Å²) in [6.07, 6.45) is 3.64. The molecule has 1 aromatic carbocycles. The first-order valence-electron chi connectivity index (χ1n) is 8.31. The third-order valence-electron chi connectivity index (χ3n) is 4.72. The summed E-state index contributed by atoms with van der Waals surface area (Å²) in [5.41, 5.74) is 1.40. The summed E-state index contributed by atoms with van der Waals surface area (Å²) in [5, 5.41) is 3.72. The first-order valence-corrected chi connectivity index (χ1v) is 8.31. The maximum absolute atomic E-state index is 5.21. The molecule has 1 aliphatic rings. The van der Waals surface area contributed by atoms with Gasteiger partial charge in [-0.1, -0.05) is 32.4 Å². The van der Waals surface area contributed by atoms with E-state index in [4.69, 9.17) is 4.74 Å². The van der Waals surface area contributed by atoms with Gasteiger partial charge in [-0.3, -0.25) is 0 Å². The Morgan fingerprint density at radius 1 is 1.33 bits per heavy atom. The molecule has 1 fully saturated rings. The Bertz CT molecular complexity index is 404. The average Bonchev–Trinajstić information content (AvgIpc) is 2.78. The zero-order valence-corrected chi connectivity index (χ0v) is 13.8. The quantitative estimate of drug-likeness (QED) is 0.872. The minimum Gasteiger partial charge on any atom is -0.497 e. The summed E-state index contributed by atoms with van der Waals surface area (Å²) in [6.45, 7) is 9.37. The van der Waals surface area contributed by atoms with E-state index in [-0.39, 0.29) is 0 Å². The van der Waals surface area contributed by atoms with E-state index in [2.05, 4.69) is 48.3 Å². The van der Waals surface area contributed by atoms with Gasteiger partial charge >= 0.3 is 0 Å². The highest BCUT2D eigenvalue weighted by Crippen LogP contribution is 2.15. The van der Waals surface area contributed by atoms with Crippen molar-refractivity contribution in [2.45, 2.75) is 39.2 Å². The fourth-order valence-electron chi connectivity index (χ4n) is 2.97. The van der Waals surface area contributed by atoms with Crippen molar-refractivity contribution in [1.82, 2.24) is 10.2 Å². The van der Waals surface area contributed by atoms with Gasteiger partial charge in [-0.05, 0) is 49.5 Å². The van der Waals surface area contributed by atoms with Crippen molar-refractivity contribution in [3.63, 3.8) is 0 Å². The lowest BCUT2D eigenvalue weighted by molar-refractivity contribution is 0.240. The molecule has 3 heteroatoms. The lowest BCUT2D eigenvalue weighted by atomic mass is 9.99. The molecule has 2 atom stereocenters. The van der Waals surface area contributed by atoms with Crippen LogP contribution in [0.25, 0.3) is 0 Å². The molecular weight excluding hydrogens is 260 g/mol. The van der Waals surface area contributed by atoms with Gasteiger partial charge in [0.2, 0.25) is 0 Å². The number of hydrogen-bond donors (Lipinski definition) is 1. The average molecular weight is 290 g/mol. The Balaban J connectivity index is 1.85. The smallest absolute Gasteiger partial charge is 0.118 e. The topological polar surface area (TPSA) is 24.5 Å². The van der Waals surface area contributed by atoms with Crippen molar-refractivity contribution in [3.05, 3.63) is 29.8 Å². The molecule has 118 valence electrons. The maximum Gasteiger partial charge on any atom is 0.118 e. The molecular formula is C18H30N2O. The fourth-order valence-corrected chi connectivity index (χ4v) is 2.97. The molecule has 0 aliphatic carbocycles. The molecule has 0 saturated carbocycles. The van der Waals surface area contributed by atoms with Gasteiger partial charge < -0.3 is 15.0 Å². The van der Waals surface area contributed by atoms with E-state index in [1.165, 1.54) is 31.5 Å². The van der Waals surface area contributed by atoms with Crippen LogP contribution in [0.15, 0.2) is 24.3 Å². The van der Waals surface area contributed by atoms with Gasteiger partial charge in [0.1, 0.15) is 5.75 Å². The van der Waals surface area contributed by atoms with E-state index in [1.807, 2.05) is 0 Å². The second kappa shape index (κ2) is 8.40. The minimum absolute atomic E-state index is 0.647. The highest BCUT2D eigenvalue weighted by atomic mass is 16.5. The van der Waals surface area contributed by atoms with Crippen LogP contribution in [0.3, 0.4) is 0 Å². The number of benzene rings is 1. The van der Waals surface area contributed by atoms with Gasteiger partial charge in [-0.15, -0.1) is 0 Å². The predicted octanol–water partition coefficient (Wildman–Crippen LogP) is 2.95. The van der Waals surface area contributed by atoms with Crippen LogP contribution < -0.4 is 10.1 Å².